The molecule has 3 rings (SSSR count). The van der Waals surface area contributed by atoms with E-state index in [1.807, 2.05) is 11.0 Å². The molecule has 1 aromatic heterocycles. The van der Waals surface area contributed by atoms with Crippen LogP contribution in [0.5, 0.6) is 0 Å². The number of amides is 2. The highest BCUT2D eigenvalue weighted by Gasteiger charge is 2.31. The van der Waals surface area contributed by atoms with Crippen molar-refractivity contribution in [1.82, 2.24) is 15.5 Å². The molecule has 0 radical (unpaired) electrons. The summed E-state index contributed by atoms with van der Waals surface area (Å²) in [6, 6.07) is 4.43. The monoisotopic (exact) mass is 265 g/mol. The largest absolute Gasteiger partial charge is 0.329 e. The van der Waals surface area contributed by atoms with Gasteiger partial charge in [0.1, 0.15) is 0 Å². The Labute approximate surface area is 111 Å². The van der Waals surface area contributed by atoms with Crippen LogP contribution in [0.1, 0.15) is 23.8 Å². The van der Waals surface area contributed by atoms with Crippen LogP contribution in [0.15, 0.2) is 17.5 Å². The summed E-state index contributed by atoms with van der Waals surface area (Å²) in [5.74, 6) is 0.617. The Morgan fingerprint density at radius 1 is 1.50 bits per heavy atom. The standard InChI is InChI=1S/C13H19N3OS/c17-13-15-11(12-4-2-6-18-12)9-16(13)8-10-3-1-5-14-7-10/h2,4,6,10-11,14H,1,3,5,7-9H2,(H,15,17). The van der Waals surface area contributed by atoms with Crippen LogP contribution in [0.2, 0.25) is 0 Å². The number of thiophene rings is 1. The van der Waals surface area contributed by atoms with E-state index < -0.39 is 0 Å². The first kappa shape index (κ1) is 12.0. The topological polar surface area (TPSA) is 44.4 Å². The zero-order chi connectivity index (χ0) is 12.4. The predicted molar refractivity (Wildman–Crippen MR) is 72.8 cm³/mol. The van der Waals surface area contributed by atoms with Crippen LogP contribution in [0, 0.1) is 5.92 Å². The number of piperidine rings is 1. The molecular weight excluding hydrogens is 246 g/mol. The summed E-state index contributed by atoms with van der Waals surface area (Å²) < 4.78 is 0. The van der Waals surface area contributed by atoms with Gasteiger partial charge in [0.05, 0.1) is 6.04 Å². The van der Waals surface area contributed by atoms with Crippen LogP contribution in [0.3, 0.4) is 0 Å². The molecule has 2 saturated heterocycles. The van der Waals surface area contributed by atoms with E-state index in [2.05, 4.69) is 22.1 Å². The van der Waals surface area contributed by atoms with Crippen molar-refractivity contribution in [2.45, 2.75) is 18.9 Å². The lowest BCUT2D eigenvalue weighted by Crippen LogP contribution is -2.39. The Morgan fingerprint density at radius 2 is 2.44 bits per heavy atom. The Balaban J connectivity index is 1.58. The van der Waals surface area contributed by atoms with Gasteiger partial charge in [-0.2, -0.15) is 0 Å². The first-order valence-corrected chi connectivity index (χ1v) is 7.50. The molecule has 3 heterocycles. The highest BCUT2D eigenvalue weighted by atomic mass is 32.1. The van der Waals surface area contributed by atoms with Gasteiger partial charge in [-0.15, -0.1) is 11.3 Å². The molecule has 2 amide bonds. The van der Waals surface area contributed by atoms with Crippen molar-refractivity contribution in [3.8, 4) is 0 Å². The number of hydrogen-bond donors (Lipinski definition) is 2. The number of carbonyl (C=O) groups excluding carboxylic acids is 1. The SMILES string of the molecule is O=C1NC(c2cccs2)CN1CC1CCCNC1. The van der Waals surface area contributed by atoms with Gasteiger partial charge in [0.15, 0.2) is 0 Å². The van der Waals surface area contributed by atoms with E-state index in [9.17, 15) is 4.79 Å². The minimum Gasteiger partial charge on any atom is -0.329 e. The minimum absolute atomic E-state index is 0.0963. The van der Waals surface area contributed by atoms with Crippen molar-refractivity contribution in [3.05, 3.63) is 22.4 Å². The molecule has 0 aromatic carbocycles. The number of nitrogens with one attached hydrogen (secondary N) is 2. The molecule has 2 N–H and O–H groups in total. The molecule has 5 heteroatoms. The summed E-state index contributed by atoms with van der Waals surface area (Å²) in [4.78, 5) is 15.2. The molecule has 0 saturated carbocycles. The summed E-state index contributed by atoms with van der Waals surface area (Å²) in [5, 5.41) is 8.54. The number of nitrogens with zero attached hydrogens (tertiary/aromatic N) is 1. The molecule has 2 fully saturated rings. The third-order valence-corrected chi connectivity index (χ3v) is 4.74. The van der Waals surface area contributed by atoms with E-state index in [1.165, 1.54) is 17.7 Å². The average Bonchev–Trinajstić information content (AvgIpc) is 3.01. The van der Waals surface area contributed by atoms with E-state index >= 15 is 0 Å². The smallest absolute Gasteiger partial charge is 0.318 e. The zero-order valence-corrected chi connectivity index (χ0v) is 11.2. The Hall–Kier alpha value is -1.07. The maximum Gasteiger partial charge on any atom is 0.318 e. The van der Waals surface area contributed by atoms with Crippen LogP contribution in [-0.4, -0.2) is 37.1 Å². The lowest BCUT2D eigenvalue weighted by Gasteiger charge is -2.26. The summed E-state index contributed by atoms with van der Waals surface area (Å²) >= 11 is 1.72. The molecule has 0 spiro atoms. The fourth-order valence-electron chi connectivity index (χ4n) is 2.79. The van der Waals surface area contributed by atoms with E-state index in [1.54, 1.807) is 11.3 Å². The highest BCUT2D eigenvalue weighted by molar-refractivity contribution is 7.10. The van der Waals surface area contributed by atoms with Crippen molar-refractivity contribution >= 4 is 17.4 Å². The van der Waals surface area contributed by atoms with Gasteiger partial charge < -0.3 is 15.5 Å². The van der Waals surface area contributed by atoms with Crippen molar-refractivity contribution in [2.75, 3.05) is 26.2 Å². The van der Waals surface area contributed by atoms with Gasteiger partial charge in [-0.1, -0.05) is 6.07 Å². The molecular formula is C13H19N3OS. The molecule has 0 bridgehead atoms. The second-order valence-corrected chi connectivity index (χ2v) is 6.11. The van der Waals surface area contributed by atoms with Crippen LogP contribution in [0.25, 0.3) is 0 Å². The van der Waals surface area contributed by atoms with Crippen molar-refractivity contribution < 1.29 is 4.79 Å². The Morgan fingerprint density at radius 3 is 3.17 bits per heavy atom. The van der Waals surface area contributed by atoms with Crippen LogP contribution >= 0.6 is 11.3 Å². The predicted octanol–water partition coefficient (Wildman–Crippen LogP) is 1.81. The van der Waals surface area contributed by atoms with Gasteiger partial charge in [-0.25, -0.2) is 4.79 Å². The summed E-state index contributed by atoms with van der Waals surface area (Å²) in [7, 11) is 0. The number of carbonyl (C=O) groups is 1. The van der Waals surface area contributed by atoms with Crippen LogP contribution < -0.4 is 10.6 Å². The van der Waals surface area contributed by atoms with Gasteiger partial charge in [0.2, 0.25) is 0 Å². The van der Waals surface area contributed by atoms with Gasteiger partial charge in [0, 0.05) is 18.0 Å². The molecule has 18 heavy (non-hydrogen) atoms. The Kier molecular flexibility index (Phi) is 3.52. The lowest BCUT2D eigenvalue weighted by atomic mass is 9.99. The van der Waals surface area contributed by atoms with E-state index in [-0.39, 0.29) is 12.1 Å². The van der Waals surface area contributed by atoms with Crippen molar-refractivity contribution in [2.24, 2.45) is 5.92 Å². The second kappa shape index (κ2) is 5.28. The highest BCUT2D eigenvalue weighted by Crippen LogP contribution is 2.25. The molecule has 2 unspecified atom stereocenters. The van der Waals surface area contributed by atoms with Gasteiger partial charge >= 0.3 is 6.03 Å². The molecule has 2 aliphatic heterocycles. The maximum atomic E-state index is 12.0. The fourth-order valence-corrected chi connectivity index (χ4v) is 3.56. The van der Waals surface area contributed by atoms with Gasteiger partial charge in [0.25, 0.3) is 0 Å². The molecule has 0 aliphatic carbocycles. The first-order valence-electron chi connectivity index (χ1n) is 6.62. The maximum absolute atomic E-state index is 12.0. The quantitative estimate of drug-likeness (QED) is 0.875. The molecule has 2 aliphatic rings. The average molecular weight is 265 g/mol. The Bertz CT molecular complexity index is 400. The zero-order valence-electron chi connectivity index (χ0n) is 10.4. The lowest BCUT2D eigenvalue weighted by molar-refractivity contribution is 0.202. The van der Waals surface area contributed by atoms with Gasteiger partial charge in [-0.05, 0) is 43.3 Å². The molecule has 1 aromatic rings. The first-order chi connectivity index (χ1) is 8.83. The number of urea groups is 1. The summed E-state index contributed by atoms with van der Waals surface area (Å²) in [5.41, 5.74) is 0. The fraction of sp³-hybridized carbons (Fsp3) is 0.615. The summed E-state index contributed by atoms with van der Waals surface area (Å²) in [6.45, 7) is 3.88. The van der Waals surface area contributed by atoms with Gasteiger partial charge in [-0.3, -0.25) is 0 Å². The normalized spacial score (nSPS) is 28.4. The minimum atomic E-state index is 0.0963. The van der Waals surface area contributed by atoms with Crippen molar-refractivity contribution in [3.63, 3.8) is 0 Å². The molecule has 2 atom stereocenters. The third-order valence-electron chi connectivity index (χ3n) is 3.75. The van der Waals surface area contributed by atoms with E-state index in [0.717, 1.165) is 26.2 Å². The van der Waals surface area contributed by atoms with E-state index in [0.29, 0.717) is 5.92 Å². The number of hydrogen-bond acceptors (Lipinski definition) is 3. The third kappa shape index (κ3) is 2.52. The number of rotatable bonds is 3. The van der Waals surface area contributed by atoms with Crippen molar-refractivity contribution in [1.29, 1.82) is 0 Å². The molecule has 98 valence electrons. The van der Waals surface area contributed by atoms with E-state index in [4.69, 9.17) is 0 Å². The summed E-state index contributed by atoms with van der Waals surface area (Å²) in [6.07, 6.45) is 2.47. The van der Waals surface area contributed by atoms with Crippen LogP contribution in [-0.2, 0) is 0 Å². The second-order valence-electron chi connectivity index (χ2n) is 5.13. The molecule has 4 nitrogen and oxygen atoms in total. The van der Waals surface area contributed by atoms with Crippen LogP contribution in [0.4, 0.5) is 4.79 Å².